The lowest BCUT2D eigenvalue weighted by Crippen LogP contribution is -2.29. The van der Waals surface area contributed by atoms with E-state index in [4.69, 9.17) is 0 Å². The average Bonchev–Trinajstić information content (AvgIpc) is 3.09. The maximum atomic E-state index is 13.6. The lowest BCUT2D eigenvalue weighted by atomic mass is 9.95. The summed E-state index contributed by atoms with van der Waals surface area (Å²) in [6, 6.07) is 11.4. The first kappa shape index (κ1) is 23.6. The summed E-state index contributed by atoms with van der Waals surface area (Å²) in [5.74, 6) is -3.73. The maximum Gasteiger partial charge on any atom is 0.416 e. The Balaban J connectivity index is 1.92. The van der Waals surface area contributed by atoms with Crippen LogP contribution in [0, 0.1) is 15.9 Å². The number of aliphatic hydroxyl groups excluding tert-OH is 1. The van der Waals surface area contributed by atoms with E-state index in [9.17, 15) is 42.4 Å². The fourth-order valence-electron chi connectivity index (χ4n) is 3.79. The number of ketones is 1. The minimum Gasteiger partial charge on any atom is -0.507 e. The first-order chi connectivity index (χ1) is 16.5. The first-order valence-electron chi connectivity index (χ1n) is 9.97. The molecule has 3 aromatic carbocycles. The molecule has 4 rings (SSSR count). The Morgan fingerprint density at radius 1 is 0.971 bits per heavy atom. The molecule has 0 spiro atoms. The second-order valence-corrected chi connectivity index (χ2v) is 7.57. The zero-order valence-electron chi connectivity index (χ0n) is 17.5. The lowest BCUT2D eigenvalue weighted by Gasteiger charge is -2.26. The van der Waals surface area contributed by atoms with Crippen molar-refractivity contribution in [3.8, 4) is 0 Å². The maximum absolute atomic E-state index is 13.6. The van der Waals surface area contributed by atoms with E-state index in [0.29, 0.717) is 6.07 Å². The van der Waals surface area contributed by atoms with Crippen LogP contribution in [0.4, 0.5) is 28.9 Å². The van der Waals surface area contributed by atoms with E-state index >= 15 is 0 Å². The predicted molar refractivity (Wildman–Crippen MR) is 116 cm³/mol. The van der Waals surface area contributed by atoms with Gasteiger partial charge < -0.3 is 5.11 Å². The molecule has 1 heterocycles. The van der Waals surface area contributed by atoms with Gasteiger partial charge in [-0.2, -0.15) is 13.2 Å². The number of aliphatic hydroxyl groups is 1. The van der Waals surface area contributed by atoms with Gasteiger partial charge in [-0.05, 0) is 48.0 Å². The number of nitro groups is 1. The van der Waals surface area contributed by atoms with E-state index < -0.39 is 51.5 Å². The van der Waals surface area contributed by atoms with E-state index in [1.165, 1.54) is 18.2 Å². The summed E-state index contributed by atoms with van der Waals surface area (Å²) in [5.41, 5.74) is -1.98. The Hall–Kier alpha value is -4.54. The number of non-ortho nitro benzene ring substituents is 1. The van der Waals surface area contributed by atoms with Gasteiger partial charge in [0.1, 0.15) is 11.6 Å². The average molecular weight is 486 g/mol. The Bertz CT molecular complexity index is 1370. The third-order valence-electron chi connectivity index (χ3n) is 5.43. The van der Waals surface area contributed by atoms with Gasteiger partial charge in [-0.1, -0.05) is 18.2 Å². The number of rotatable bonds is 4. The number of hydrogen-bond acceptors (Lipinski definition) is 5. The number of amides is 1. The van der Waals surface area contributed by atoms with Crippen LogP contribution in [0.2, 0.25) is 0 Å². The van der Waals surface area contributed by atoms with Crippen molar-refractivity contribution in [2.45, 2.75) is 12.2 Å². The van der Waals surface area contributed by atoms with E-state index in [1.54, 1.807) is 0 Å². The van der Waals surface area contributed by atoms with E-state index in [2.05, 4.69) is 0 Å². The van der Waals surface area contributed by atoms with Crippen LogP contribution in [-0.4, -0.2) is 21.7 Å². The third kappa shape index (κ3) is 4.35. The first-order valence-corrected chi connectivity index (χ1v) is 9.97. The van der Waals surface area contributed by atoms with Crippen LogP contribution in [0.3, 0.4) is 0 Å². The Kier molecular flexibility index (Phi) is 5.85. The predicted octanol–water partition coefficient (Wildman–Crippen LogP) is 5.38. The molecular formula is C24H14F4N2O5. The highest BCUT2D eigenvalue weighted by Crippen LogP contribution is 2.43. The number of benzene rings is 3. The van der Waals surface area contributed by atoms with Crippen LogP contribution in [0.1, 0.15) is 22.7 Å². The largest absolute Gasteiger partial charge is 0.507 e. The topological polar surface area (TPSA) is 101 Å². The van der Waals surface area contributed by atoms with Crippen molar-refractivity contribution in [1.82, 2.24) is 0 Å². The summed E-state index contributed by atoms with van der Waals surface area (Å²) in [4.78, 5) is 37.0. The molecule has 1 saturated heterocycles. The van der Waals surface area contributed by atoms with Gasteiger partial charge in [-0.15, -0.1) is 0 Å². The molecule has 1 fully saturated rings. The molecule has 1 amide bonds. The van der Waals surface area contributed by atoms with Gasteiger partial charge in [0.15, 0.2) is 0 Å². The van der Waals surface area contributed by atoms with Gasteiger partial charge in [-0.25, -0.2) is 4.39 Å². The van der Waals surface area contributed by atoms with Gasteiger partial charge in [0.2, 0.25) is 0 Å². The number of anilines is 1. The van der Waals surface area contributed by atoms with Gasteiger partial charge in [0, 0.05) is 23.4 Å². The molecule has 3 aromatic rings. The highest BCUT2D eigenvalue weighted by Gasteiger charge is 2.47. The van der Waals surface area contributed by atoms with Crippen LogP contribution in [0.25, 0.3) is 5.76 Å². The van der Waals surface area contributed by atoms with Crippen molar-refractivity contribution >= 4 is 28.8 Å². The van der Waals surface area contributed by atoms with Gasteiger partial charge >= 0.3 is 6.18 Å². The lowest BCUT2D eigenvalue weighted by molar-refractivity contribution is -0.384. The SMILES string of the molecule is O=C1C(=O)N(c2cccc(C(F)(F)F)c2)[C@H](c2ccc(F)cc2)C1=C(O)c1ccc([N+](=O)[O-])cc1. The van der Waals surface area contributed by atoms with E-state index in [0.717, 1.165) is 53.4 Å². The molecule has 0 bridgehead atoms. The summed E-state index contributed by atoms with van der Waals surface area (Å²) >= 11 is 0. The standard InChI is InChI=1S/C24H14F4N2O5/c25-16-8-4-13(5-9-16)20-19(21(31)14-6-10-17(11-7-14)30(34)35)22(32)23(33)29(20)18-3-1-2-15(12-18)24(26,27)28/h1-12,20,31H/t20-/m1/s1. The minimum absolute atomic E-state index is 0.0373. The quantitative estimate of drug-likeness (QED) is 0.133. The molecule has 0 radical (unpaired) electrons. The molecule has 1 N–H and O–H groups in total. The monoisotopic (exact) mass is 486 g/mol. The smallest absolute Gasteiger partial charge is 0.416 e. The normalized spacial score (nSPS) is 17.6. The third-order valence-corrected chi connectivity index (χ3v) is 5.43. The van der Waals surface area contributed by atoms with Crippen LogP contribution in [0.15, 0.2) is 78.4 Å². The fraction of sp³-hybridized carbons (Fsp3) is 0.0833. The fourth-order valence-corrected chi connectivity index (χ4v) is 3.79. The number of alkyl halides is 3. The summed E-state index contributed by atoms with van der Waals surface area (Å²) in [7, 11) is 0. The second-order valence-electron chi connectivity index (χ2n) is 7.57. The molecule has 35 heavy (non-hydrogen) atoms. The number of nitro benzene ring substituents is 1. The number of halogens is 4. The molecule has 0 aromatic heterocycles. The summed E-state index contributed by atoms with van der Waals surface area (Å²) in [6.07, 6.45) is -4.73. The van der Waals surface area contributed by atoms with Gasteiger partial charge in [-0.3, -0.25) is 24.6 Å². The minimum atomic E-state index is -4.73. The van der Waals surface area contributed by atoms with Crippen molar-refractivity contribution in [3.05, 3.63) is 111 Å². The van der Waals surface area contributed by atoms with Gasteiger partial charge in [0.25, 0.3) is 17.4 Å². The summed E-state index contributed by atoms with van der Waals surface area (Å²) in [6.45, 7) is 0. The second kappa shape index (κ2) is 8.67. The highest BCUT2D eigenvalue weighted by molar-refractivity contribution is 6.51. The van der Waals surface area contributed by atoms with Crippen LogP contribution in [-0.2, 0) is 15.8 Å². The number of nitrogens with zero attached hydrogens (tertiary/aromatic N) is 2. The van der Waals surface area contributed by atoms with Crippen molar-refractivity contribution in [3.63, 3.8) is 0 Å². The molecule has 0 saturated carbocycles. The molecule has 0 aliphatic carbocycles. The van der Waals surface area contributed by atoms with Crippen molar-refractivity contribution in [2.75, 3.05) is 4.90 Å². The molecule has 0 unspecified atom stereocenters. The summed E-state index contributed by atoms with van der Waals surface area (Å²) in [5, 5.41) is 21.8. The molecule has 1 atom stereocenters. The van der Waals surface area contributed by atoms with Crippen LogP contribution >= 0.6 is 0 Å². The Morgan fingerprint density at radius 3 is 2.17 bits per heavy atom. The molecule has 1 aliphatic heterocycles. The zero-order valence-corrected chi connectivity index (χ0v) is 17.5. The molecule has 178 valence electrons. The highest BCUT2D eigenvalue weighted by atomic mass is 19.4. The Morgan fingerprint density at radius 2 is 1.60 bits per heavy atom. The summed E-state index contributed by atoms with van der Waals surface area (Å²) < 4.78 is 53.5. The molecule has 7 nitrogen and oxygen atoms in total. The van der Waals surface area contributed by atoms with Crippen molar-refractivity contribution in [2.24, 2.45) is 0 Å². The zero-order chi connectivity index (χ0) is 25.5. The molecular weight excluding hydrogens is 472 g/mol. The number of hydrogen-bond donors (Lipinski definition) is 1. The number of carbonyl (C=O) groups is 2. The van der Waals surface area contributed by atoms with Crippen molar-refractivity contribution in [1.29, 1.82) is 0 Å². The van der Waals surface area contributed by atoms with E-state index in [-0.39, 0.29) is 22.5 Å². The van der Waals surface area contributed by atoms with E-state index in [1.807, 2.05) is 0 Å². The molecule has 1 aliphatic rings. The Labute approximate surface area is 194 Å². The van der Waals surface area contributed by atoms with Crippen LogP contribution in [0.5, 0.6) is 0 Å². The number of Topliss-reactive ketones (excluding diaryl/α,β-unsaturated/α-hetero) is 1. The van der Waals surface area contributed by atoms with Crippen LogP contribution < -0.4 is 4.90 Å². The van der Waals surface area contributed by atoms with Crippen molar-refractivity contribution < 1.29 is 37.2 Å². The number of carbonyl (C=O) groups excluding carboxylic acids is 2. The van der Waals surface area contributed by atoms with Gasteiger partial charge in [0.05, 0.1) is 22.1 Å². The molecule has 11 heteroatoms.